The maximum Gasteiger partial charge on any atom is 0.440 e. The first-order valence-electron chi connectivity index (χ1n) is 7.39. The van der Waals surface area contributed by atoms with Gasteiger partial charge >= 0.3 is 7.94 Å². The van der Waals surface area contributed by atoms with Crippen LogP contribution >= 0.6 is 7.94 Å². The molecular weight excluding hydrogens is 341 g/mol. The number of nitrogens with two attached hydrogens (primary N) is 1. The molecule has 1 aromatic heterocycles. The molecule has 12 heteroatoms. The summed E-state index contributed by atoms with van der Waals surface area (Å²) in [5, 5.41) is 33.1. The standard InChI is InChI=1S/C12H21N5O6P/c1-6(18)24(21)22-3-8(20)10(23-24)7(19)2-17-5-16-9-11(13)14-4-15-12(9)17/h4,6-8,10,16,18-21H,2-3,5H2,1H3,(H2,13,14,15)/q+1. The van der Waals surface area contributed by atoms with E-state index in [0.717, 1.165) is 0 Å². The van der Waals surface area contributed by atoms with Crippen molar-refractivity contribution in [2.75, 3.05) is 35.8 Å². The zero-order valence-electron chi connectivity index (χ0n) is 13.0. The number of hydrogen-bond acceptors (Lipinski definition) is 11. The van der Waals surface area contributed by atoms with Crippen molar-refractivity contribution in [3.63, 3.8) is 0 Å². The lowest BCUT2D eigenvalue weighted by Crippen LogP contribution is -2.50. The highest BCUT2D eigenvalue weighted by molar-refractivity contribution is 7.61. The van der Waals surface area contributed by atoms with Crippen LogP contribution in [0.15, 0.2) is 6.33 Å². The molecular formula is C12H21N5O6P+. The Kier molecular flexibility index (Phi) is 4.76. The Morgan fingerprint density at radius 3 is 2.96 bits per heavy atom. The van der Waals surface area contributed by atoms with Crippen molar-refractivity contribution < 1.29 is 29.3 Å². The van der Waals surface area contributed by atoms with Gasteiger partial charge in [0.15, 0.2) is 17.7 Å². The highest BCUT2D eigenvalue weighted by Crippen LogP contribution is 2.63. The minimum absolute atomic E-state index is 0.0674. The molecule has 1 saturated heterocycles. The molecule has 1 aromatic rings. The van der Waals surface area contributed by atoms with Gasteiger partial charge in [0.05, 0.1) is 6.67 Å². The molecule has 5 atom stereocenters. The van der Waals surface area contributed by atoms with Gasteiger partial charge < -0.3 is 31.3 Å². The third-order valence-corrected chi connectivity index (χ3v) is 5.95. The van der Waals surface area contributed by atoms with E-state index in [1.54, 1.807) is 4.90 Å². The molecule has 2 aliphatic heterocycles. The fourth-order valence-corrected chi connectivity index (χ4v) is 4.05. The molecule has 0 saturated carbocycles. The Balaban J connectivity index is 1.71. The number of nitrogens with one attached hydrogen (secondary N) is 1. The van der Waals surface area contributed by atoms with Crippen molar-refractivity contribution in [1.82, 2.24) is 9.97 Å². The van der Waals surface area contributed by atoms with Gasteiger partial charge in [0.2, 0.25) is 5.85 Å². The van der Waals surface area contributed by atoms with Gasteiger partial charge in [-0.25, -0.2) is 9.97 Å². The summed E-state index contributed by atoms with van der Waals surface area (Å²) in [4.78, 5) is 19.9. The minimum atomic E-state index is -3.55. The van der Waals surface area contributed by atoms with Crippen LogP contribution in [0.2, 0.25) is 0 Å². The highest BCUT2D eigenvalue weighted by atomic mass is 31.2. The number of fused-ring (bicyclic) bond motifs is 1. The van der Waals surface area contributed by atoms with E-state index in [2.05, 4.69) is 15.3 Å². The van der Waals surface area contributed by atoms with Gasteiger partial charge in [-0.1, -0.05) is 0 Å². The van der Waals surface area contributed by atoms with Gasteiger partial charge in [-0.15, -0.1) is 0 Å². The quantitative estimate of drug-likeness (QED) is 0.344. The number of nitrogens with zero attached hydrogens (tertiary/aromatic N) is 3. The van der Waals surface area contributed by atoms with E-state index in [-0.39, 0.29) is 13.2 Å². The molecule has 7 N–H and O–H groups in total. The lowest BCUT2D eigenvalue weighted by molar-refractivity contribution is -0.102. The SMILES string of the molecule is CC(O)[P+]1(O)OCC(O)C(C(O)CN2CNc3c(N)ncnc32)O1. The number of rotatable bonds is 4. The zero-order chi connectivity index (χ0) is 17.5. The molecule has 24 heavy (non-hydrogen) atoms. The first-order chi connectivity index (χ1) is 11.3. The van der Waals surface area contributed by atoms with E-state index >= 15 is 0 Å². The van der Waals surface area contributed by atoms with Crippen LogP contribution in [-0.2, 0) is 9.05 Å². The Hall–Kier alpha value is -1.33. The number of nitrogen functional groups attached to an aromatic ring is 1. The number of anilines is 3. The maximum atomic E-state index is 10.5. The molecule has 11 nitrogen and oxygen atoms in total. The molecule has 2 aliphatic rings. The summed E-state index contributed by atoms with van der Waals surface area (Å²) >= 11 is 0. The van der Waals surface area contributed by atoms with Crippen LogP contribution in [0.1, 0.15) is 6.92 Å². The van der Waals surface area contributed by atoms with Crippen molar-refractivity contribution in [3.8, 4) is 0 Å². The predicted molar refractivity (Wildman–Crippen MR) is 85.9 cm³/mol. The molecule has 0 radical (unpaired) electrons. The topological polar surface area (TPSA) is 166 Å². The normalized spacial score (nSPS) is 32.1. The molecule has 1 fully saturated rings. The van der Waals surface area contributed by atoms with Gasteiger partial charge in [0, 0.05) is 13.5 Å². The second kappa shape index (κ2) is 6.52. The second-order valence-corrected chi connectivity index (χ2v) is 8.06. The molecule has 134 valence electrons. The van der Waals surface area contributed by atoms with E-state index in [4.69, 9.17) is 14.8 Å². The molecule has 0 aliphatic carbocycles. The van der Waals surface area contributed by atoms with Crippen LogP contribution in [0.25, 0.3) is 0 Å². The highest BCUT2D eigenvalue weighted by Gasteiger charge is 2.56. The van der Waals surface area contributed by atoms with Crippen LogP contribution < -0.4 is 16.0 Å². The summed E-state index contributed by atoms with van der Waals surface area (Å²) in [5.41, 5.74) is 6.33. The third-order valence-electron chi connectivity index (χ3n) is 3.94. The first kappa shape index (κ1) is 17.5. The molecule has 0 spiro atoms. The summed E-state index contributed by atoms with van der Waals surface area (Å²) in [5.74, 6) is -0.418. The van der Waals surface area contributed by atoms with Gasteiger partial charge in [0.25, 0.3) is 0 Å². The number of aromatic nitrogens is 2. The monoisotopic (exact) mass is 362 g/mol. The summed E-state index contributed by atoms with van der Waals surface area (Å²) in [6.07, 6.45) is -2.07. The minimum Gasteiger partial charge on any atom is -0.388 e. The lowest BCUT2D eigenvalue weighted by atomic mass is 10.1. The van der Waals surface area contributed by atoms with Crippen LogP contribution in [0.4, 0.5) is 17.3 Å². The maximum absolute atomic E-state index is 10.5. The van der Waals surface area contributed by atoms with Gasteiger partial charge in [-0.2, -0.15) is 13.9 Å². The number of aliphatic hydroxyl groups excluding tert-OH is 3. The predicted octanol–water partition coefficient (Wildman–Crippen LogP) is -1.52. The average Bonchev–Trinajstić information content (AvgIpc) is 2.94. The summed E-state index contributed by atoms with van der Waals surface area (Å²) in [6, 6.07) is 0. The van der Waals surface area contributed by atoms with E-state index in [1.165, 1.54) is 13.3 Å². The van der Waals surface area contributed by atoms with E-state index in [9.17, 15) is 20.2 Å². The van der Waals surface area contributed by atoms with E-state index in [1.807, 2.05) is 0 Å². The fourth-order valence-electron chi connectivity index (χ4n) is 2.60. The largest absolute Gasteiger partial charge is 0.440 e. The lowest BCUT2D eigenvalue weighted by Gasteiger charge is -2.35. The summed E-state index contributed by atoms with van der Waals surface area (Å²) in [7, 11) is -3.55. The van der Waals surface area contributed by atoms with Crippen molar-refractivity contribution in [2.45, 2.75) is 31.1 Å². The van der Waals surface area contributed by atoms with Crippen LogP contribution in [-0.4, -0.2) is 74.2 Å². The molecule has 0 aromatic carbocycles. The molecule has 3 heterocycles. The van der Waals surface area contributed by atoms with Crippen LogP contribution in [0.3, 0.4) is 0 Å². The Morgan fingerprint density at radius 1 is 1.50 bits per heavy atom. The molecule has 0 amide bonds. The van der Waals surface area contributed by atoms with Gasteiger partial charge in [-0.05, 0) is 0 Å². The molecule has 5 unspecified atom stereocenters. The third kappa shape index (κ3) is 3.11. The van der Waals surface area contributed by atoms with Gasteiger partial charge in [-0.3, -0.25) is 0 Å². The van der Waals surface area contributed by atoms with Crippen molar-refractivity contribution >= 4 is 25.3 Å². The first-order valence-corrected chi connectivity index (χ1v) is 9.04. The zero-order valence-corrected chi connectivity index (χ0v) is 13.9. The Bertz CT molecular complexity index is 609. The van der Waals surface area contributed by atoms with Crippen molar-refractivity contribution in [3.05, 3.63) is 6.33 Å². The second-order valence-electron chi connectivity index (χ2n) is 5.71. The van der Waals surface area contributed by atoms with Crippen LogP contribution in [0.5, 0.6) is 0 Å². The van der Waals surface area contributed by atoms with Crippen LogP contribution in [0, 0.1) is 0 Å². The Labute approximate surface area is 138 Å². The summed E-state index contributed by atoms with van der Waals surface area (Å²) in [6.45, 7) is 1.51. The van der Waals surface area contributed by atoms with E-state index in [0.29, 0.717) is 24.0 Å². The van der Waals surface area contributed by atoms with Crippen molar-refractivity contribution in [2.24, 2.45) is 0 Å². The summed E-state index contributed by atoms with van der Waals surface area (Å²) < 4.78 is 10.4. The number of β-amino-alcohol motifs (C(OH)–C–C–N with tert-alkyl or cyclic N) is 1. The number of hydrogen-bond donors (Lipinski definition) is 6. The number of aliphatic hydroxyl groups is 3. The Morgan fingerprint density at radius 2 is 2.25 bits per heavy atom. The smallest absolute Gasteiger partial charge is 0.388 e. The van der Waals surface area contributed by atoms with Crippen molar-refractivity contribution in [1.29, 1.82) is 0 Å². The molecule has 3 rings (SSSR count). The average molecular weight is 362 g/mol. The molecule has 0 bridgehead atoms. The fraction of sp³-hybridized carbons (Fsp3) is 0.667. The van der Waals surface area contributed by atoms with Gasteiger partial charge in [0.1, 0.15) is 30.8 Å². The van der Waals surface area contributed by atoms with E-state index < -0.39 is 32.1 Å².